The molecule has 0 atom stereocenters. The number of hydrogen-bond donors (Lipinski definition) is 2. The van der Waals surface area contributed by atoms with Crippen molar-refractivity contribution in [1.29, 1.82) is 0 Å². The molecule has 9 nitrogen and oxygen atoms in total. The Morgan fingerprint density at radius 3 is 2.50 bits per heavy atom. The van der Waals surface area contributed by atoms with Gasteiger partial charge in [-0.1, -0.05) is 6.42 Å². The lowest BCUT2D eigenvalue weighted by Crippen LogP contribution is -2.45. The number of ether oxygens (including phenoxy) is 2. The summed E-state index contributed by atoms with van der Waals surface area (Å²) in [6, 6.07) is 0. The largest absolute Gasteiger partial charge is 0.473 e. The van der Waals surface area contributed by atoms with Crippen LogP contribution in [0, 0.1) is 6.92 Å². The van der Waals surface area contributed by atoms with Gasteiger partial charge in [-0.25, -0.2) is 25.0 Å². The quantitative estimate of drug-likeness (QED) is 0.458. The van der Waals surface area contributed by atoms with Crippen molar-refractivity contribution in [2.45, 2.75) is 70.1 Å². The second kappa shape index (κ2) is 10.3. The van der Waals surface area contributed by atoms with E-state index in [-0.39, 0.29) is 25.0 Å². The Bertz CT molecular complexity index is 837. The fourth-order valence-corrected chi connectivity index (χ4v) is 4.02. The normalized spacial score (nSPS) is 18.9. The molecule has 178 valence electrons. The van der Waals surface area contributed by atoms with Gasteiger partial charge in [0.2, 0.25) is 5.88 Å². The van der Waals surface area contributed by atoms with Gasteiger partial charge in [0.15, 0.2) is 0 Å². The molecule has 32 heavy (non-hydrogen) atoms. The highest BCUT2D eigenvalue weighted by atomic mass is 19.1. The van der Waals surface area contributed by atoms with Crippen LogP contribution in [0.25, 0.3) is 5.70 Å². The van der Waals surface area contributed by atoms with Gasteiger partial charge >= 0.3 is 6.09 Å². The molecule has 4 N–H and O–H groups in total. The highest BCUT2D eigenvalue weighted by molar-refractivity contribution is 5.68. The molecule has 1 heterocycles. The first kappa shape index (κ1) is 24.0. The van der Waals surface area contributed by atoms with Crippen LogP contribution in [0.3, 0.4) is 0 Å². The summed E-state index contributed by atoms with van der Waals surface area (Å²) in [6.07, 6.45) is 8.45. The Morgan fingerprint density at radius 1 is 1.25 bits per heavy atom. The molecule has 0 unspecified atom stereocenters. The molecule has 1 amide bonds. The summed E-state index contributed by atoms with van der Waals surface area (Å²) in [5, 5.41) is 1.27. The van der Waals surface area contributed by atoms with Crippen LogP contribution in [0.2, 0.25) is 0 Å². The van der Waals surface area contributed by atoms with Crippen LogP contribution in [0.4, 0.5) is 9.18 Å². The molecule has 2 fully saturated rings. The van der Waals surface area contributed by atoms with Crippen LogP contribution in [0.1, 0.15) is 62.8 Å². The number of rotatable bonds is 8. The summed E-state index contributed by atoms with van der Waals surface area (Å²) in [5.41, 5.74) is 6.61. The predicted molar refractivity (Wildman–Crippen MR) is 119 cm³/mol. The van der Waals surface area contributed by atoms with Gasteiger partial charge in [-0.3, -0.25) is 0 Å². The summed E-state index contributed by atoms with van der Waals surface area (Å²) in [4.78, 5) is 22.5. The van der Waals surface area contributed by atoms with Crippen molar-refractivity contribution in [3.8, 4) is 5.88 Å². The summed E-state index contributed by atoms with van der Waals surface area (Å²) >= 11 is 0. The highest BCUT2D eigenvalue weighted by Gasteiger charge is 2.39. The Kier molecular flexibility index (Phi) is 7.76. The van der Waals surface area contributed by atoms with Crippen molar-refractivity contribution in [3.05, 3.63) is 23.3 Å². The van der Waals surface area contributed by atoms with Crippen LogP contribution < -0.4 is 16.3 Å². The highest BCUT2D eigenvalue weighted by Crippen LogP contribution is 2.36. The number of hydrogen-bond acceptors (Lipinski definition) is 8. The first-order valence-corrected chi connectivity index (χ1v) is 11.2. The van der Waals surface area contributed by atoms with Crippen molar-refractivity contribution in [1.82, 2.24) is 19.9 Å². The standard InChI is InChI=1S/C22H35FN6O3/c1-15-20(32-16-8-5-4-6-9-16)26-12-17(27-15)19(24)18(29(3)25)13-31-21(30)28(2)14-22(23)10-7-11-22/h12,16H,4-11,13-14,24-25H2,1-3H3/b19-18-. The topological polar surface area (TPSA) is 120 Å². The first-order valence-electron chi connectivity index (χ1n) is 11.2. The first-order chi connectivity index (χ1) is 15.2. The third-order valence-corrected chi connectivity index (χ3v) is 6.16. The number of alkyl halides is 1. The van der Waals surface area contributed by atoms with E-state index in [9.17, 15) is 9.18 Å². The van der Waals surface area contributed by atoms with Gasteiger partial charge in [0, 0.05) is 14.1 Å². The summed E-state index contributed by atoms with van der Waals surface area (Å²) < 4.78 is 25.6. The van der Waals surface area contributed by atoms with E-state index >= 15 is 0 Å². The number of nitrogens with two attached hydrogens (primary N) is 2. The second-order valence-corrected chi connectivity index (χ2v) is 8.91. The number of hydrazine groups is 1. The monoisotopic (exact) mass is 450 g/mol. The second-order valence-electron chi connectivity index (χ2n) is 8.91. The average molecular weight is 451 g/mol. The van der Waals surface area contributed by atoms with E-state index in [1.807, 2.05) is 6.92 Å². The number of amides is 1. The van der Waals surface area contributed by atoms with Gasteiger partial charge in [0.05, 0.1) is 24.1 Å². The molecule has 2 aliphatic rings. The lowest BCUT2D eigenvalue weighted by Gasteiger charge is -2.36. The maximum absolute atomic E-state index is 14.3. The van der Waals surface area contributed by atoms with E-state index in [0.717, 1.165) is 32.1 Å². The van der Waals surface area contributed by atoms with Crippen LogP contribution in [-0.4, -0.2) is 65.0 Å². The molecule has 0 radical (unpaired) electrons. The molecule has 10 heteroatoms. The third-order valence-electron chi connectivity index (χ3n) is 6.16. The number of carbonyl (C=O) groups is 1. The third kappa shape index (κ3) is 5.99. The van der Waals surface area contributed by atoms with Crippen molar-refractivity contribution in [3.63, 3.8) is 0 Å². The van der Waals surface area contributed by atoms with Crippen LogP contribution in [0.15, 0.2) is 11.9 Å². The summed E-state index contributed by atoms with van der Waals surface area (Å²) in [5.74, 6) is 6.42. The lowest BCUT2D eigenvalue weighted by molar-refractivity contribution is 0.0235. The van der Waals surface area contributed by atoms with Crippen LogP contribution in [0.5, 0.6) is 5.88 Å². The lowest BCUT2D eigenvalue weighted by atomic mass is 9.82. The fourth-order valence-electron chi connectivity index (χ4n) is 4.02. The molecule has 0 saturated heterocycles. The van der Waals surface area contributed by atoms with Crippen LogP contribution in [-0.2, 0) is 4.74 Å². The van der Waals surface area contributed by atoms with E-state index in [4.69, 9.17) is 21.1 Å². The minimum Gasteiger partial charge on any atom is -0.473 e. The molecule has 0 bridgehead atoms. The average Bonchev–Trinajstić information content (AvgIpc) is 2.74. The molecule has 0 aromatic carbocycles. The number of aryl methyl sites for hydroxylation is 1. The van der Waals surface area contributed by atoms with Gasteiger partial charge in [-0.15, -0.1) is 0 Å². The van der Waals surface area contributed by atoms with Gasteiger partial charge in [0.25, 0.3) is 0 Å². The van der Waals surface area contributed by atoms with Crippen molar-refractivity contribution < 1.29 is 18.7 Å². The fraction of sp³-hybridized carbons (Fsp3) is 0.682. The molecule has 1 aromatic rings. The minimum atomic E-state index is -1.31. The van der Waals surface area contributed by atoms with Crippen LogP contribution >= 0.6 is 0 Å². The smallest absolute Gasteiger partial charge is 0.409 e. The maximum Gasteiger partial charge on any atom is 0.409 e. The number of likely N-dealkylation sites (N-methyl/N-ethyl adjacent to an activating group) is 1. The minimum absolute atomic E-state index is 0.00591. The van der Waals surface area contributed by atoms with E-state index in [1.54, 1.807) is 7.05 Å². The zero-order chi connectivity index (χ0) is 23.3. The number of carbonyl (C=O) groups excluding carboxylic acids is 1. The Balaban J connectivity index is 1.65. The molecule has 3 rings (SSSR count). The molecular weight excluding hydrogens is 415 g/mol. The van der Waals surface area contributed by atoms with E-state index in [1.165, 1.54) is 29.6 Å². The Morgan fingerprint density at radius 2 is 1.94 bits per heavy atom. The number of nitrogens with zero attached hydrogens (tertiary/aromatic N) is 4. The number of aromatic nitrogens is 2. The zero-order valence-corrected chi connectivity index (χ0v) is 19.3. The van der Waals surface area contributed by atoms with Gasteiger partial charge in [-0.05, 0) is 51.9 Å². The molecule has 0 aliphatic heterocycles. The van der Waals surface area contributed by atoms with E-state index in [0.29, 0.717) is 35.8 Å². The maximum atomic E-state index is 14.3. The van der Waals surface area contributed by atoms with Crippen molar-refractivity contribution in [2.75, 3.05) is 27.2 Å². The SMILES string of the molecule is Cc1nc(/C(N)=C(\COC(=O)N(C)CC2(F)CCC2)N(C)N)cnc1OC1CCCCC1. The van der Waals surface area contributed by atoms with Crippen molar-refractivity contribution >= 4 is 11.8 Å². The number of halogens is 1. The molecule has 2 saturated carbocycles. The zero-order valence-electron chi connectivity index (χ0n) is 19.3. The van der Waals surface area contributed by atoms with Gasteiger partial charge in [0.1, 0.15) is 29.8 Å². The Hall–Kier alpha value is -2.62. The van der Waals surface area contributed by atoms with Gasteiger partial charge in [-0.2, -0.15) is 0 Å². The molecule has 2 aliphatic carbocycles. The molecule has 1 aromatic heterocycles. The van der Waals surface area contributed by atoms with E-state index < -0.39 is 11.8 Å². The molecular formula is C22H35FN6O3. The van der Waals surface area contributed by atoms with Crippen molar-refractivity contribution in [2.24, 2.45) is 11.6 Å². The molecule has 0 spiro atoms. The summed E-state index contributed by atoms with van der Waals surface area (Å²) in [6.45, 7) is 1.64. The predicted octanol–water partition coefficient (Wildman–Crippen LogP) is 2.89. The summed E-state index contributed by atoms with van der Waals surface area (Å²) in [7, 11) is 3.10. The van der Waals surface area contributed by atoms with E-state index in [2.05, 4.69) is 9.97 Å². The van der Waals surface area contributed by atoms with Gasteiger partial charge < -0.3 is 25.1 Å². The Labute approximate surface area is 188 Å².